The molecule has 1 fully saturated rings. The summed E-state index contributed by atoms with van der Waals surface area (Å²) in [7, 11) is 4.27. The van der Waals surface area contributed by atoms with Gasteiger partial charge in [-0.15, -0.1) is 24.0 Å². The number of nitrogens with zero attached hydrogens (tertiary/aromatic N) is 3. The Bertz CT molecular complexity index is 546. The summed E-state index contributed by atoms with van der Waals surface area (Å²) in [6, 6.07) is 8.75. The average Bonchev–Trinajstić information content (AvgIpc) is 3.11. The number of guanidine groups is 1. The lowest BCUT2D eigenvalue weighted by Crippen LogP contribution is -2.41. The molecule has 1 aromatic carbocycles. The van der Waals surface area contributed by atoms with Crippen molar-refractivity contribution < 1.29 is 4.74 Å². The molecule has 1 heterocycles. The Morgan fingerprint density at radius 3 is 2.69 bits per heavy atom. The highest BCUT2D eigenvalue weighted by Crippen LogP contribution is 2.14. The Morgan fingerprint density at radius 2 is 2.04 bits per heavy atom. The van der Waals surface area contributed by atoms with Crippen LogP contribution in [0.1, 0.15) is 31.4 Å². The number of hydrogen-bond donors (Lipinski definition) is 1. The lowest BCUT2D eigenvalue weighted by Gasteiger charge is -2.24. The first-order valence-electron chi connectivity index (χ1n) is 9.45. The smallest absolute Gasteiger partial charge is 0.193 e. The van der Waals surface area contributed by atoms with Crippen LogP contribution in [0.4, 0.5) is 0 Å². The quantitative estimate of drug-likeness (QED) is 0.357. The molecule has 1 aromatic rings. The predicted molar refractivity (Wildman–Crippen MR) is 120 cm³/mol. The first kappa shape index (κ1) is 23.2. The molecule has 0 spiro atoms. The Labute approximate surface area is 176 Å². The van der Waals surface area contributed by atoms with E-state index in [4.69, 9.17) is 9.73 Å². The molecular weight excluding hydrogens is 439 g/mol. The molecule has 148 valence electrons. The van der Waals surface area contributed by atoms with Crippen LogP contribution in [0.25, 0.3) is 0 Å². The second kappa shape index (κ2) is 12.5. The van der Waals surface area contributed by atoms with Gasteiger partial charge in [0.05, 0.1) is 13.2 Å². The minimum atomic E-state index is 0. The van der Waals surface area contributed by atoms with Gasteiger partial charge in [0.2, 0.25) is 0 Å². The molecule has 1 unspecified atom stereocenters. The van der Waals surface area contributed by atoms with Gasteiger partial charge in [0.25, 0.3) is 0 Å². The zero-order valence-electron chi connectivity index (χ0n) is 16.7. The summed E-state index contributed by atoms with van der Waals surface area (Å²) in [5.74, 6) is 1.59. The largest absolute Gasteiger partial charge is 0.381 e. The molecule has 2 rings (SSSR count). The van der Waals surface area contributed by atoms with Gasteiger partial charge in [-0.3, -0.25) is 0 Å². The van der Waals surface area contributed by atoms with E-state index in [2.05, 4.69) is 67.3 Å². The lowest BCUT2D eigenvalue weighted by atomic mass is 10.1. The zero-order valence-corrected chi connectivity index (χ0v) is 19.0. The van der Waals surface area contributed by atoms with Gasteiger partial charge in [0, 0.05) is 39.2 Å². The van der Waals surface area contributed by atoms with Crippen LogP contribution in [0.15, 0.2) is 29.3 Å². The second-order valence-electron chi connectivity index (χ2n) is 6.93. The number of rotatable bonds is 8. The van der Waals surface area contributed by atoms with Crippen LogP contribution >= 0.6 is 24.0 Å². The van der Waals surface area contributed by atoms with Crippen LogP contribution in [0.2, 0.25) is 0 Å². The third-order valence-corrected chi connectivity index (χ3v) is 4.65. The molecule has 1 aliphatic rings. The number of ether oxygens (including phenoxy) is 1. The van der Waals surface area contributed by atoms with Gasteiger partial charge < -0.3 is 19.9 Å². The second-order valence-corrected chi connectivity index (χ2v) is 6.93. The molecule has 0 amide bonds. The van der Waals surface area contributed by atoms with Crippen LogP contribution in [-0.2, 0) is 17.8 Å². The molecule has 0 aromatic heterocycles. The van der Waals surface area contributed by atoms with Crippen molar-refractivity contribution in [1.82, 2.24) is 15.1 Å². The minimum absolute atomic E-state index is 0. The highest BCUT2D eigenvalue weighted by Gasteiger charge is 2.19. The maximum absolute atomic E-state index is 5.49. The normalized spacial score (nSPS) is 17.3. The van der Waals surface area contributed by atoms with E-state index in [0.29, 0.717) is 12.5 Å². The van der Waals surface area contributed by atoms with E-state index in [-0.39, 0.29) is 24.0 Å². The van der Waals surface area contributed by atoms with E-state index in [9.17, 15) is 0 Å². The van der Waals surface area contributed by atoms with E-state index in [1.165, 1.54) is 11.1 Å². The number of halogens is 1. The molecule has 6 heteroatoms. The Kier molecular flexibility index (Phi) is 11.2. The van der Waals surface area contributed by atoms with E-state index in [1.807, 2.05) is 0 Å². The number of nitrogens with one attached hydrogen (secondary N) is 1. The van der Waals surface area contributed by atoms with Crippen LogP contribution in [0.3, 0.4) is 0 Å². The average molecular weight is 474 g/mol. The highest BCUT2D eigenvalue weighted by molar-refractivity contribution is 14.0. The van der Waals surface area contributed by atoms with E-state index in [0.717, 1.165) is 51.8 Å². The zero-order chi connectivity index (χ0) is 18.1. The summed E-state index contributed by atoms with van der Waals surface area (Å²) in [5.41, 5.74) is 2.61. The van der Waals surface area contributed by atoms with Crippen LogP contribution in [0, 0.1) is 5.92 Å². The molecule has 1 N–H and O–H groups in total. The number of aliphatic imine (C=N–C) groups is 1. The van der Waals surface area contributed by atoms with E-state index < -0.39 is 0 Å². The molecular formula is C20H35IN4O. The van der Waals surface area contributed by atoms with Crippen molar-refractivity contribution in [2.45, 2.75) is 33.4 Å². The monoisotopic (exact) mass is 474 g/mol. The maximum Gasteiger partial charge on any atom is 0.193 e. The van der Waals surface area contributed by atoms with E-state index in [1.54, 1.807) is 0 Å². The summed E-state index contributed by atoms with van der Waals surface area (Å²) in [5, 5.41) is 3.41. The Morgan fingerprint density at radius 1 is 1.27 bits per heavy atom. The van der Waals surface area contributed by atoms with Crippen molar-refractivity contribution in [3.8, 4) is 0 Å². The first-order valence-corrected chi connectivity index (χ1v) is 9.45. The molecule has 1 aliphatic heterocycles. The van der Waals surface area contributed by atoms with Crippen molar-refractivity contribution in [2.24, 2.45) is 10.9 Å². The van der Waals surface area contributed by atoms with Crippen LogP contribution in [-0.4, -0.2) is 62.7 Å². The van der Waals surface area contributed by atoms with Crippen LogP contribution < -0.4 is 5.32 Å². The van der Waals surface area contributed by atoms with Crippen molar-refractivity contribution in [3.05, 3.63) is 35.4 Å². The predicted octanol–water partition coefficient (Wildman–Crippen LogP) is 3.19. The minimum Gasteiger partial charge on any atom is -0.381 e. The SMILES string of the molecule is CCNC(=NCc1cccc(CN(C)CC)c1)N(C)CC1CCOC1.I. The molecule has 0 saturated carbocycles. The summed E-state index contributed by atoms with van der Waals surface area (Å²) in [6.07, 6.45) is 1.15. The third-order valence-electron chi connectivity index (χ3n) is 4.65. The van der Waals surface area contributed by atoms with Gasteiger partial charge in [-0.05, 0) is 38.1 Å². The fraction of sp³-hybridized carbons (Fsp3) is 0.650. The molecule has 0 bridgehead atoms. The fourth-order valence-electron chi connectivity index (χ4n) is 3.09. The van der Waals surface area contributed by atoms with Crippen molar-refractivity contribution in [3.63, 3.8) is 0 Å². The third kappa shape index (κ3) is 7.80. The van der Waals surface area contributed by atoms with Gasteiger partial charge in [-0.1, -0.05) is 31.2 Å². The summed E-state index contributed by atoms with van der Waals surface area (Å²) < 4.78 is 5.49. The number of hydrogen-bond acceptors (Lipinski definition) is 3. The van der Waals surface area contributed by atoms with E-state index >= 15 is 0 Å². The number of benzene rings is 1. The summed E-state index contributed by atoms with van der Waals surface area (Å²) in [6.45, 7) is 10.7. The van der Waals surface area contributed by atoms with Gasteiger partial charge >= 0.3 is 0 Å². The topological polar surface area (TPSA) is 40.1 Å². The summed E-state index contributed by atoms with van der Waals surface area (Å²) in [4.78, 5) is 9.39. The molecule has 1 atom stereocenters. The Balaban J connectivity index is 0.00000338. The van der Waals surface area contributed by atoms with Crippen molar-refractivity contribution in [2.75, 3.05) is 46.9 Å². The standard InChI is InChI=1S/C20H34N4O.HI/c1-5-21-20(24(4)15-19-10-11-25-16-19)22-13-17-8-7-9-18(12-17)14-23(3)6-2;/h7-9,12,19H,5-6,10-11,13-16H2,1-4H3,(H,21,22);1H. The summed E-state index contributed by atoms with van der Waals surface area (Å²) >= 11 is 0. The fourth-order valence-corrected chi connectivity index (χ4v) is 3.09. The van der Waals surface area contributed by atoms with Crippen molar-refractivity contribution >= 4 is 29.9 Å². The molecule has 5 nitrogen and oxygen atoms in total. The van der Waals surface area contributed by atoms with Crippen LogP contribution in [0.5, 0.6) is 0 Å². The van der Waals surface area contributed by atoms with Gasteiger partial charge in [-0.2, -0.15) is 0 Å². The van der Waals surface area contributed by atoms with Crippen molar-refractivity contribution in [1.29, 1.82) is 0 Å². The molecule has 0 radical (unpaired) electrons. The van der Waals surface area contributed by atoms with Gasteiger partial charge in [0.1, 0.15) is 0 Å². The maximum atomic E-state index is 5.49. The lowest BCUT2D eigenvalue weighted by molar-refractivity contribution is 0.181. The molecule has 1 saturated heterocycles. The molecule has 26 heavy (non-hydrogen) atoms. The first-order chi connectivity index (χ1) is 12.1. The Hall–Kier alpha value is -0.860. The van der Waals surface area contributed by atoms with Gasteiger partial charge in [0.15, 0.2) is 5.96 Å². The molecule has 0 aliphatic carbocycles. The van der Waals surface area contributed by atoms with Gasteiger partial charge in [-0.25, -0.2) is 4.99 Å². The highest BCUT2D eigenvalue weighted by atomic mass is 127.